The van der Waals surface area contributed by atoms with Crippen molar-refractivity contribution in [3.05, 3.63) is 156 Å². The van der Waals surface area contributed by atoms with Gasteiger partial charge < -0.3 is 4.84 Å². The predicted octanol–water partition coefficient (Wildman–Crippen LogP) is 7.17. The van der Waals surface area contributed by atoms with Crippen LogP contribution in [0.4, 0.5) is 13.2 Å². The molecule has 0 aliphatic rings. The van der Waals surface area contributed by atoms with E-state index in [4.69, 9.17) is 9.82 Å². The summed E-state index contributed by atoms with van der Waals surface area (Å²) < 4.78 is 40.6. The Balaban J connectivity index is 1.62. The summed E-state index contributed by atoms with van der Waals surface area (Å²) in [7, 11) is 0. The third-order valence-corrected chi connectivity index (χ3v) is 7.41. The van der Waals surface area contributed by atoms with Crippen molar-refractivity contribution in [1.29, 1.82) is 0 Å². The molecule has 0 saturated carbocycles. The monoisotopic (exact) mass is 591 g/mol. The van der Waals surface area contributed by atoms with Crippen molar-refractivity contribution in [1.82, 2.24) is 15.0 Å². The minimum atomic E-state index is -5.34. The molecule has 0 atom stereocenters. The molecule has 44 heavy (non-hydrogen) atoms. The Hall–Kier alpha value is -5.57. The number of hydrogen-bond acceptors (Lipinski definition) is 5. The summed E-state index contributed by atoms with van der Waals surface area (Å²) in [4.78, 5) is 40.9. The number of aromatic nitrogens is 2. The number of amides is 1. The van der Waals surface area contributed by atoms with E-state index in [1.54, 1.807) is 72.8 Å². The van der Waals surface area contributed by atoms with Crippen LogP contribution in [0.3, 0.4) is 0 Å². The molecule has 6 nitrogen and oxygen atoms in total. The molecular weight excluding hydrogens is 567 g/mol. The van der Waals surface area contributed by atoms with E-state index in [9.17, 15) is 18.0 Å². The van der Waals surface area contributed by atoms with E-state index in [0.717, 1.165) is 16.3 Å². The Kier molecular flexibility index (Phi) is 7.53. The van der Waals surface area contributed by atoms with Crippen molar-refractivity contribution in [3.8, 4) is 0 Å². The minimum absolute atomic E-state index is 0.410. The molecule has 0 fully saturated rings. The lowest BCUT2D eigenvalue weighted by Crippen LogP contribution is -2.50. The van der Waals surface area contributed by atoms with Gasteiger partial charge in [-0.25, -0.2) is 9.78 Å². The van der Waals surface area contributed by atoms with E-state index >= 15 is 4.79 Å². The largest absolute Gasteiger partial charge is 0.493 e. The number of fused-ring (bicyclic) bond motifs is 2. The molecule has 2 heterocycles. The maximum absolute atomic E-state index is 15.0. The zero-order valence-corrected chi connectivity index (χ0v) is 23.1. The van der Waals surface area contributed by atoms with E-state index < -0.39 is 30.0 Å². The summed E-state index contributed by atoms with van der Waals surface area (Å²) >= 11 is 0. The van der Waals surface area contributed by atoms with Gasteiger partial charge in [0.05, 0.1) is 17.6 Å². The molecule has 218 valence electrons. The molecule has 1 amide bonds. The average molecular weight is 592 g/mol. The van der Waals surface area contributed by atoms with Crippen molar-refractivity contribution in [2.45, 2.75) is 18.1 Å². The average Bonchev–Trinajstić information content (AvgIpc) is 3.04. The highest BCUT2D eigenvalue weighted by atomic mass is 19.4. The fourth-order valence-corrected chi connectivity index (χ4v) is 5.40. The highest BCUT2D eigenvalue weighted by Crippen LogP contribution is 2.43. The number of nitrogens with zero attached hydrogens (tertiary/aromatic N) is 3. The number of halogens is 3. The SMILES string of the molecule is O=C(ON(Cc1ccncc1)C(=O)C(c1ccccc1)(c1ccccc1)c1ccc2nc3ccccc3cc2c1)C(F)(F)F. The van der Waals surface area contributed by atoms with Gasteiger partial charge in [0.25, 0.3) is 5.91 Å². The molecule has 0 spiro atoms. The second-order valence-electron chi connectivity index (χ2n) is 10.1. The van der Waals surface area contributed by atoms with Crippen LogP contribution in [-0.4, -0.2) is 33.1 Å². The number of hydrogen-bond donors (Lipinski definition) is 0. The molecule has 9 heteroatoms. The van der Waals surface area contributed by atoms with Gasteiger partial charge in [0.15, 0.2) is 0 Å². The van der Waals surface area contributed by atoms with E-state index in [1.807, 2.05) is 36.4 Å². The van der Waals surface area contributed by atoms with E-state index in [2.05, 4.69) is 4.98 Å². The Bertz CT molecular complexity index is 1910. The van der Waals surface area contributed by atoms with Crippen molar-refractivity contribution in [3.63, 3.8) is 0 Å². The first-order chi connectivity index (χ1) is 21.3. The molecule has 6 aromatic rings. The maximum Gasteiger partial charge on any atom is 0.493 e. The molecule has 0 saturated heterocycles. The van der Waals surface area contributed by atoms with Crippen LogP contribution in [0.25, 0.3) is 21.8 Å². The first-order valence-corrected chi connectivity index (χ1v) is 13.7. The molecule has 2 aromatic heterocycles. The van der Waals surface area contributed by atoms with Gasteiger partial charge in [-0.2, -0.15) is 18.2 Å². The van der Waals surface area contributed by atoms with E-state index in [1.165, 1.54) is 24.5 Å². The lowest BCUT2D eigenvalue weighted by Gasteiger charge is -2.38. The van der Waals surface area contributed by atoms with Crippen LogP contribution >= 0.6 is 0 Å². The number of pyridine rings is 2. The van der Waals surface area contributed by atoms with Gasteiger partial charge >= 0.3 is 12.1 Å². The number of alkyl halides is 3. The summed E-state index contributed by atoms with van der Waals surface area (Å²) in [5, 5.41) is 2.10. The zero-order chi connectivity index (χ0) is 30.7. The standard InChI is InChI=1S/C35H24F3N3O3/c36-35(37,38)33(43)44-41(23-24-17-19-39-20-18-24)32(42)34(27-10-3-1-4-11-27,28-12-5-2-6-13-28)29-15-16-31-26(22-29)21-25-9-7-8-14-30(25)40-31/h1-22H,23H2. The summed E-state index contributed by atoms with van der Waals surface area (Å²) in [6, 6.07) is 35.4. The van der Waals surface area contributed by atoms with Gasteiger partial charge in [0.1, 0.15) is 5.41 Å². The summed E-state index contributed by atoms with van der Waals surface area (Å²) in [6.07, 6.45) is -2.47. The Labute approximate surface area is 250 Å². The molecule has 0 aliphatic carbocycles. The maximum atomic E-state index is 15.0. The van der Waals surface area contributed by atoms with Crippen molar-refractivity contribution in [2.75, 3.05) is 0 Å². The third kappa shape index (κ3) is 5.35. The van der Waals surface area contributed by atoms with Crippen LogP contribution in [0, 0.1) is 0 Å². The molecular formula is C35H24F3N3O3. The topological polar surface area (TPSA) is 72.4 Å². The number of hydroxylamine groups is 2. The van der Waals surface area contributed by atoms with Gasteiger partial charge in [-0.05, 0) is 58.7 Å². The number of rotatable bonds is 6. The summed E-state index contributed by atoms with van der Waals surface area (Å²) in [6.45, 7) is -0.454. The minimum Gasteiger partial charge on any atom is -0.329 e. The fourth-order valence-electron chi connectivity index (χ4n) is 5.40. The normalized spacial score (nSPS) is 11.8. The van der Waals surface area contributed by atoms with Gasteiger partial charge in [-0.3, -0.25) is 9.78 Å². The molecule has 0 bridgehead atoms. The van der Waals surface area contributed by atoms with Gasteiger partial charge in [0.2, 0.25) is 0 Å². The van der Waals surface area contributed by atoms with Crippen molar-refractivity contribution in [2.24, 2.45) is 0 Å². The summed E-state index contributed by atoms with van der Waals surface area (Å²) in [5.74, 6) is -3.40. The van der Waals surface area contributed by atoms with E-state index in [0.29, 0.717) is 32.8 Å². The molecule has 0 radical (unpaired) electrons. The smallest absolute Gasteiger partial charge is 0.329 e. The lowest BCUT2D eigenvalue weighted by molar-refractivity contribution is -0.240. The third-order valence-electron chi connectivity index (χ3n) is 7.41. The Morgan fingerprint density at radius 1 is 0.659 bits per heavy atom. The highest BCUT2D eigenvalue weighted by Gasteiger charge is 2.50. The first-order valence-electron chi connectivity index (χ1n) is 13.7. The molecule has 0 N–H and O–H groups in total. The van der Waals surface area contributed by atoms with Crippen LogP contribution < -0.4 is 0 Å². The van der Waals surface area contributed by atoms with Crippen molar-refractivity contribution >= 4 is 33.7 Å². The number of benzene rings is 4. The van der Waals surface area contributed by atoms with Crippen LogP contribution in [0.2, 0.25) is 0 Å². The second-order valence-corrected chi connectivity index (χ2v) is 10.1. The quantitative estimate of drug-likeness (QED) is 0.117. The number of carbonyl (C=O) groups excluding carboxylic acids is 2. The van der Waals surface area contributed by atoms with Gasteiger partial charge in [-0.1, -0.05) is 84.9 Å². The van der Waals surface area contributed by atoms with Crippen LogP contribution in [0.15, 0.2) is 134 Å². The van der Waals surface area contributed by atoms with Crippen LogP contribution in [-0.2, 0) is 26.4 Å². The molecule has 4 aromatic carbocycles. The number of para-hydroxylation sites is 1. The molecule has 6 rings (SSSR count). The first kappa shape index (κ1) is 28.5. The highest BCUT2D eigenvalue weighted by molar-refractivity contribution is 5.99. The Morgan fingerprint density at radius 2 is 1.25 bits per heavy atom. The summed E-state index contributed by atoms with van der Waals surface area (Å²) in [5.41, 5.74) is 1.52. The molecule has 0 aliphatic heterocycles. The molecule has 0 unspecified atom stereocenters. The van der Waals surface area contributed by atoms with Gasteiger partial charge in [0, 0.05) is 23.2 Å². The Morgan fingerprint density at radius 3 is 1.89 bits per heavy atom. The van der Waals surface area contributed by atoms with Crippen LogP contribution in [0.5, 0.6) is 0 Å². The number of carbonyl (C=O) groups is 2. The second kappa shape index (κ2) is 11.6. The van der Waals surface area contributed by atoms with Crippen LogP contribution in [0.1, 0.15) is 22.3 Å². The lowest BCUT2D eigenvalue weighted by atomic mass is 9.68. The predicted molar refractivity (Wildman–Crippen MR) is 159 cm³/mol. The van der Waals surface area contributed by atoms with Crippen molar-refractivity contribution < 1.29 is 27.6 Å². The van der Waals surface area contributed by atoms with Gasteiger partial charge in [-0.15, -0.1) is 0 Å². The zero-order valence-electron chi connectivity index (χ0n) is 23.1. The van der Waals surface area contributed by atoms with E-state index in [-0.39, 0.29) is 0 Å². The fraction of sp³-hybridized carbons (Fsp3) is 0.0857.